The monoisotopic (exact) mass is 284 g/mol. The van der Waals surface area contributed by atoms with E-state index in [9.17, 15) is 0 Å². The van der Waals surface area contributed by atoms with Crippen molar-refractivity contribution >= 4 is 0 Å². The molecule has 4 rings (SSSR count). The van der Waals surface area contributed by atoms with E-state index < -0.39 is 0 Å². The lowest BCUT2D eigenvalue weighted by molar-refractivity contribution is -0.0168. The summed E-state index contributed by atoms with van der Waals surface area (Å²) < 4.78 is 10.7. The molecule has 0 unspecified atom stereocenters. The van der Waals surface area contributed by atoms with Crippen molar-refractivity contribution in [2.45, 2.75) is 12.1 Å². The van der Waals surface area contributed by atoms with Crippen LogP contribution >= 0.6 is 0 Å². The van der Waals surface area contributed by atoms with Gasteiger partial charge in [0.2, 0.25) is 0 Å². The molecule has 20 heavy (non-hydrogen) atoms. The number of nitrogens with one attached hydrogen (secondary N) is 2. The number of nitrogens with zero attached hydrogens (tertiary/aromatic N) is 2. The molecule has 0 saturated carbocycles. The van der Waals surface area contributed by atoms with Crippen molar-refractivity contribution in [2.24, 2.45) is 0 Å². The fourth-order valence-corrected chi connectivity index (χ4v) is 3.33. The first-order chi connectivity index (χ1) is 9.93. The third-order valence-electron chi connectivity index (χ3n) is 4.61. The molecule has 0 aromatic heterocycles. The molecule has 0 radical (unpaired) electrons. The second-order valence-electron chi connectivity index (χ2n) is 5.94. The first-order valence-corrected chi connectivity index (χ1v) is 7.98. The van der Waals surface area contributed by atoms with Gasteiger partial charge < -0.3 is 20.1 Å². The average molecular weight is 284 g/mol. The van der Waals surface area contributed by atoms with Crippen LogP contribution in [0.2, 0.25) is 0 Å². The summed E-state index contributed by atoms with van der Waals surface area (Å²) in [5.41, 5.74) is 0. The summed E-state index contributed by atoms with van der Waals surface area (Å²) in [5.74, 6) is 0. The number of piperazine rings is 2. The van der Waals surface area contributed by atoms with E-state index in [2.05, 4.69) is 20.4 Å². The number of rotatable bonds is 0. The fourth-order valence-electron chi connectivity index (χ4n) is 3.33. The van der Waals surface area contributed by atoms with E-state index in [1.165, 1.54) is 13.1 Å². The smallest absolute Gasteiger partial charge is 0.0634 e. The second-order valence-corrected chi connectivity index (χ2v) is 5.94. The van der Waals surface area contributed by atoms with E-state index in [4.69, 9.17) is 9.47 Å². The molecule has 4 heterocycles. The van der Waals surface area contributed by atoms with E-state index in [1.54, 1.807) is 0 Å². The summed E-state index contributed by atoms with van der Waals surface area (Å²) in [4.78, 5) is 5.03. The van der Waals surface area contributed by atoms with Crippen LogP contribution in [-0.2, 0) is 9.47 Å². The molecule has 0 spiro atoms. The highest BCUT2D eigenvalue weighted by atomic mass is 16.5. The number of hydrogen-bond donors (Lipinski definition) is 2. The van der Waals surface area contributed by atoms with E-state index in [1.807, 2.05) is 0 Å². The minimum absolute atomic E-state index is 0.655. The molecule has 0 aliphatic carbocycles. The largest absolute Gasteiger partial charge is 0.378 e. The average Bonchev–Trinajstić information content (AvgIpc) is 2.56. The zero-order chi connectivity index (χ0) is 13.6. The molecular formula is C14H28N4O2. The normalized spacial score (nSPS) is 35.4. The van der Waals surface area contributed by atoms with Gasteiger partial charge in [-0.05, 0) is 0 Å². The first kappa shape index (κ1) is 14.7. The Hall–Kier alpha value is -0.240. The van der Waals surface area contributed by atoms with Crippen molar-refractivity contribution in [3.63, 3.8) is 0 Å². The Morgan fingerprint density at radius 3 is 1.65 bits per heavy atom. The Balaban J connectivity index is 0.000000121. The van der Waals surface area contributed by atoms with Crippen molar-refractivity contribution in [3.05, 3.63) is 0 Å². The van der Waals surface area contributed by atoms with E-state index in [-0.39, 0.29) is 0 Å². The van der Waals surface area contributed by atoms with Gasteiger partial charge in [0.05, 0.1) is 26.4 Å². The van der Waals surface area contributed by atoms with Crippen LogP contribution in [0, 0.1) is 0 Å². The van der Waals surface area contributed by atoms with Gasteiger partial charge >= 0.3 is 0 Å². The molecule has 116 valence electrons. The van der Waals surface area contributed by atoms with Crippen LogP contribution in [-0.4, -0.2) is 101 Å². The minimum atomic E-state index is 0.655. The summed E-state index contributed by atoms with van der Waals surface area (Å²) in [6, 6.07) is 1.31. The molecule has 4 saturated heterocycles. The Bertz CT molecular complexity index is 212. The molecule has 4 aliphatic rings. The van der Waals surface area contributed by atoms with Crippen molar-refractivity contribution in [1.29, 1.82) is 0 Å². The van der Waals surface area contributed by atoms with Crippen LogP contribution in [0.5, 0.6) is 0 Å². The molecular weight excluding hydrogens is 256 g/mol. The molecule has 6 nitrogen and oxygen atoms in total. The van der Waals surface area contributed by atoms with Crippen LogP contribution in [0.15, 0.2) is 0 Å². The van der Waals surface area contributed by atoms with Crippen LogP contribution in [0.4, 0.5) is 0 Å². The maximum atomic E-state index is 5.36. The summed E-state index contributed by atoms with van der Waals surface area (Å²) in [6.45, 7) is 12.9. The topological polar surface area (TPSA) is 49.0 Å². The zero-order valence-electron chi connectivity index (χ0n) is 12.4. The van der Waals surface area contributed by atoms with Gasteiger partial charge in [-0.25, -0.2) is 0 Å². The van der Waals surface area contributed by atoms with Crippen LogP contribution in [0.1, 0.15) is 0 Å². The van der Waals surface area contributed by atoms with Crippen LogP contribution < -0.4 is 10.6 Å². The van der Waals surface area contributed by atoms with Crippen LogP contribution in [0.3, 0.4) is 0 Å². The number of hydrogen-bond acceptors (Lipinski definition) is 6. The Morgan fingerprint density at radius 2 is 1.20 bits per heavy atom. The van der Waals surface area contributed by atoms with E-state index in [0.717, 1.165) is 65.7 Å². The Kier molecular flexibility index (Phi) is 5.64. The molecule has 0 bridgehead atoms. The summed E-state index contributed by atoms with van der Waals surface area (Å²) >= 11 is 0. The SMILES string of the molecule is C1CN2CCOC[C@@H]2CN1.C1CN2CCOC[C@@H]2CN1. The molecule has 0 aromatic carbocycles. The van der Waals surface area contributed by atoms with Crippen LogP contribution in [0.25, 0.3) is 0 Å². The number of morpholine rings is 2. The predicted octanol–water partition coefficient (Wildman–Crippen LogP) is -1.42. The lowest BCUT2D eigenvalue weighted by Gasteiger charge is -2.39. The summed E-state index contributed by atoms with van der Waals surface area (Å²) in [6.07, 6.45) is 0. The van der Waals surface area contributed by atoms with Crippen molar-refractivity contribution in [3.8, 4) is 0 Å². The van der Waals surface area contributed by atoms with E-state index in [0.29, 0.717) is 12.1 Å². The molecule has 4 aliphatic heterocycles. The van der Waals surface area contributed by atoms with E-state index >= 15 is 0 Å². The molecule has 2 atom stereocenters. The minimum Gasteiger partial charge on any atom is -0.378 e. The lowest BCUT2D eigenvalue weighted by atomic mass is 10.2. The fraction of sp³-hybridized carbons (Fsp3) is 1.00. The predicted molar refractivity (Wildman–Crippen MR) is 78.1 cm³/mol. The summed E-state index contributed by atoms with van der Waals surface area (Å²) in [5, 5.41) is 6.72. The molecule has 0 aromatic rings. The highest BCUT2D eigenvalue weighted by molar-refractivity contribution is 4.82. The van der Waals surface area contributed by atoms with Gasteiger partial charge in [-0.2, -0.15) is 0 Å². The van der Waals surface area contributed by atoms with Gasteiger partial charge in [-0.15, -0.1) is 0 Å². The highest BCUT2D eigenvalue weighted by Gasteiger charge is 2.25. The van der Waals surface area contributed by atoms with Crippen molar-refractivity contribution < 1.29 is 9.47 Å². The van der Waals surface area contributed by atoms with Gasteiger partial charge in [0, 0.05) is 64.4 Å². The Labute approximate surface area is 121 Å². The lowest BCUT2D eigenvalue weighted by Crippen LogP contribution is -2.56. The van der Waals surface area contributed by atoms with Gasteiger partial charge in [0.15, 0.2) is 0 Å². The third kappa shape index (κ3) is 3.90. The zero-order valence-corrected chi connectivity index (χ0v) is 12.4. The second kappa shape index (κ2) is 7.68. The maximum absolute atomic E-state index is 5.36. The van der Waals surface area contributed by atoms with Crippen molar-refractivity contribution in [2.75, 3.05) is 78.8 Å². The van der Waals surface area contributed by atoms with Gasteiger partial charge in [-0.3, -0.25) is 9.80 Å². The van der Waals surface area contributed by atoms with Gasteiger partial charge in [0.25, 0.3) is 0 Å². The summed E-state index contributed by atoms with van der Waals surface area (Å²) in [7, 11) is 0. The molecule has 0 amide bonds. The number of fused-ring (bicyclic) bond motifs is 2. The Morgan fingerprint density at radius 1 is 0.700 bits per heavy atom. The quantitative estimate of drug-likeness (QED) is 0.569. The molecule has 6 heteroatoms. The first-order valence-electron chi connectivity index (χ1n) is 7.98. The van der Waals surface area contributed by atoms with Gasteiger partial charge in [0.1, 0.15) is 0 Å². The highest BCUT2D eigenvalue weighted by Crippen LogP contribution is 2.08. The number of ether oxygens (including phenoxy) is 2. The standard InChI is InChI=1S/2C7H14N2O/c2*1-2-9-3-4-10-6-7(9)5-8-1/h2*7-8H,1-6H2/t2*7-/m00/s1. The molecule has 4 fully saturated rings. The van der Waals surface area contributed by atoms with Gasteiger partial charge in [-0.1, -0.05) is 0 Å². The third-order valence-corrected chi connectivity index (χ3v) is 4.61. The van der Waals surface area contributed by atoms with Crippen molar-refractivity contribution in [1.82, 2.24) is 20.4 Å². The maximum Gasteiger partial charge on any atom is 0.0634 e. The molecule has 2 N–H and O–H groups in total.